The third-order valence-corrected chi connectivity index (χ3v) is 4.76. The van der Waals surface area contributed by atoms with Crippen LogP contribution >= 0.6 is 11.6 Å². The van der Waals surface area contributed by atoms with Gasteiger partial charge in [-0.15, -0.1) is 0 Å². The summed E-state index contributed by atoms with van der Waals surface area (Å²) in [5, 5.41) is 0.742. The van der Waals surface area contributed by atoms with Crippen LogP contribution in [0.4, 0.5) is 5.69 Å². The van der Waals surface area contributed by atoms with Crippen molar-refractivity contribution < 1.29 is 0 Å². The first kappa shape index (κ1) is 14.2. The predicted octanol–water partition coefficient (Wildman–Crippen LogP) is 2.98. The van der Waals surface area contributed by atoms with E-state index in [1.165, 1.54) is 57.4 Å². The zero-order valence-electron chi connectivity index (χ0n) is 12.0. The third kappa shape index (κ3) is 3.46. The first-order valence-corrected chi connectivity index (χ1v) is 8.10. The van der Waals surface area contributed by atoms with Crippen molar-refractivity contribution in [2.75, 3.05) is 31.9 Å². The van der Waals surface area contributed by atoms with Crippen molar-refractivity contribution in [2.24, 2.45) is 0 Å². The molecule has 1 aromatic carbocycles. The normalized spacial score (nSPS) is 25.1. The van der Waals surface area contributed by atoms with Crippen LogP contribution in [0.5, 0.6) is 0 Å². The Morgan fingerprint density at radius 1 is 1.10 bits per heavy atom. The van der Waals surface area contributed by atoms with Crippen molar-refractivity contribution in [1.82, 2.24) is 9.80 Å². The van der Waals surface area contributed by atoms with E-state index in [0.29, 0.717) is 0 Å². The lowest BCUT2D eigenvalue weighted by atomic mass is 10.1. The minimum atomic E-state index is 0.742. The van der Waals surface area contributed by atoms with E-state index >= 15 is 0 Å². The quantitative estimate of drug-likeness (QED) is 0.870. The Kier molecular flexibility index (Phi) is 4.49. The summed E-state index contributed by atoms with van der Waals surface area (Å²) in [6.45, 7) is 5.93. The summed E-state index contributed by atoms with van der Waals surface area (Å²) in [5.74, 6) is 0. The summed E-state index contributed by atoms with van der Waals surface area (Å²) >= 11 is 6.08. The van der Waals surface area contributed by atoms with Crippen molar-refractivity contribution >= 4 is 17.3 Å². The Balaban J connectivity index is 1.57. The van der Waals surface area contributed by atoms with Gasteiger partial charge in [-0.3, -0.25) is 9.80 Å². The molecule has 1 aromatic rings. The van der Waals surface area contributed by atoms with Gasteiger partial charge in [0, 0.05) is 36.4 Å². The Labute approximate surface area is 126 Å². The molecule has 0 aromatic heterocycles. The van der Waals surface area contributed by atoms with E-state index in [4.69, 9.17) is 17.3 Å². The van der Waals surface area contributed by atoms with Gasteiger partial charge >= 0.3 is 0 Å². The number of hydrogen-bond donors (Lipinski definition) is 1. The van der Waals surface area contributed by atoms with E-state index < -0.39 is 0 Å². The van der Waals surface area contributed by atoms with Gasteiger partial charge in [0.1, 0.15) is 0 Å². The second kappa shape index (κ2) is 6.33. The third-order valence-electron chi connectivity index (χ3n) is 4.54. The van der Waals surface area contributed by atoms with Crippen LogP contribution in [-0.4, -0.2) is 42.0 Å². The minimum Gasteiger partial charge on any atom is -0.399 e. The number of rotatable bonds is 3. The lowest BCUT2D eigenvalue weighted by molar-refractivity contribution is 0.161. The molecule has 3 nitrogen and oxygen atoms in total. The fraction of sp³-hybridized carbons (Fsp3) is 0.625. The topological polar surface area (TPSA) is 32.5 Å². The molecule has 1 atom stereocenters. The van der Waals surface area contributed by atoms with Crippen molar-refractivity contribution in [3.05, 3.63) is 28.8 Å². The number of nitrogens with two attached hydrogens (primary N) is 1. The molecular weight excluding hydrogens is 270 g/mol. The molecule has 2 heterocycles. The van der Waals surface area contributed by atoms with Crippen LogP contribution < -0.4 is 5.73 Å². The number of nitrogen functional groups attached to an aromatic ring is 1. The van der Waals surface area contributed by atoms with E-state index in [9.17, 15) is 0 Å². The molecule has 0 amide bonds. The summed E-state index contributed by atoms with van der Waals surface area (Å²) in [6, 6.07) is 6.64. The molecule has 0 bridgehead atoms. The lowest BCUT2D eigenvalue weighted by Crippen LogP contribution is -2.40. The van der Waals surface area contributed by atoms with Gasteiger partial charge in [0.25, 0.3) is 0 Å². The molecular formula is C16H24ClN3. The van der Waals surface area contributed by atoms with Crippen molar-refractivity contribution in [2.45, 2.75) is 38.3 Å². The largest absolute Gasteiger partial charge is 0.399 e. The Hall–Kier alpha value is -0.770. The van der Waals surface area contributed by atoms with Gasteiger partial charge in [0.2, 0.25) is 0 Å². The van der Waals surface area contributed by atoms with E-state index in [1.54, 1.807) is 0 Å². The molecule has 2 fully saturated rings. The van der Waals surface area contributed by atoms with Crippen LogP contribution in [0.1, 0.15) is 31.2 Å². The van der Waals surface area contributed by atoms with Gasteiger partial charge < -0.3 is 5.73 Å². The van der Waals surface area contributed by atoms with Crippen molar-refractivity contribution in [3.63, 3.8) is 0 Å². The number of nitrogens with zero attached hydrogens (tertiary/aromatic N) is 2. The molecule has 0 aliphatic carbocycles. The van der Waals surface area contributed by atoms with Gasteiger partial charge in [0.15, 0.2) is 0 Å². The molecule has 2 aliphatic heterocycles. The number of halogens is 1. The number of likely N-dealkylation sites (tertiary alicyclic amines) is 2. The molecule has 1 unspecified atom stereocenters. The molecule has 2 aliphatic rings. The summed E-state index contributed by atoms with van der Waals surface area (Å²) in [7, 11) is 0. The Bertz CT molecular complexity index is 437. The fourth-order valence-electron chi connectivity index (χ4n) is 3.56. The van der Waals surface area contributed by atoms with E-state index in [0.717, 1.165) is 23.3 Å². The van der Waals surface area contributed by atoms with Gasteiger partial charge in [0.05, 0.1) is 0 Å². The second-order valence-corrected chi connectivity index (χ2v) is 6.60. The van der Waals surface area contributed by atoms with Crippen molar-refractivity contribution in [3.8, 4) is 0 Å². The van der Waals surface area contributed by atoms with Crippen LogP contribution in [0.3, 0.4) is 0 Å². The molecule has 2 saturated heterocycles. The SMILES string of the molecule is Nc1cc(Cl)cc(CN2CCC(N3CCCCC3)C2)c1. The maximum absolute atomic E-state index is 6.08. The van der Waals surface area contributed by atoms with Crippen LogP contribution in [0, 0.1) is 0 Å². The highest BCUT2D eigenvalue weighted by molar-refractivity contribution is 6.30. The van der Waals surface area contributed by atoms with Gasteiger partial charge in [-0.1, -0.05) is 18.0 Å². The van der Waals surface area contributed by atoms with Crippen LogP contribution in [0.25, 0.3) is 0 Å². The number of anilines is 1. The Morgan fingerprint density at radius 3 is 2.65 bits per heavy atom. The molecule has 0 spiro atoms. The zero-order chi connectivity index (χ0) is 13.9. The van der Waals surface area contributed by atoms with Crippen LogP contribution in [-0.2, 0) is 6.54 Å². The highest BCUT2D eigenvalue weighted by Gasteiger charge is 2.28. The summed E-state index contributed by atoms with van der Waals surface area (Å²) in [4.78, 5) is 5.22. The second-order valence-electron chi connectivity index (χ2n) is 6.17. The highest BCUT2D eigenvalue weighted by atomic mass is 35.5. The molecule has 20 heavy (non-hydrogen) atoms. The first-order chi connectivity index (χ1) is 9.70. The summed E-state index contributed by atoms with van der Waals surface area (Å²) in [6.07, 6.45) is 5.47. The maximum Gasteiger partial charge on any atom is 0.0429 e. The average molecular weight is 294 g/mol. The lowest BCUT2D eigenvalue weighted by Gasteiger charge is -2.32. The molecule has 0 radical (unpaired) electrons. The monoisotopic (exact) mass is 293 g/mol. The predicted molar refractivity (Wildman–Crippen MR) is 85.0 cm³/mol. The van der Waals surface area contributed by atoms with Gasteiger partial charge in [-0.05, 0) is 56.1 Å². The molecule has 4 heteroatoms. The minimum absolute atomic E-state index is 0.742. The fourth-order valence-corrected chi connectivity index (χ4v) is 3.83. The summed E-state index contributed by atoms with van der Waals surface area (Å²) in [5.41, 5.74) is 7.86. The smallest absolute Gasteiger partial charge is 0.0429 e. The van der Waals surface area contributed by atoms with E-state index in [2.05, 4.69) is 9.80 Å². The number of hydrogen-bond acceptors (Lipinski definition) is 3. The highest BCUT2D eigenvalue weighted by Crippen LogP contribution is 2.23. The van der Waals surface area contributed by atoms with E-state index in [1.807, 2.05) is 18.2 Å². The zero-order valence-corrected chi connectivity index (χ0v) is 12.8. The van der Waals surface area contributed by atoms with Crippen LogP contribution in [0.15, 0.2) is 18.2 Å². The van der Waals surface area contributed by atoms with Crippen LogP contribution in [0.2, 0.25) is 5.02 Å². The number of piperidine rings is 1. The standard InChI is InChI=1S/C16H24ClN3/c17-14-8-13(9-15(18)10-14)11-19-7-4-16(12-19)20-5-2-1-3-6-20/h8-10,16H,1-7,11-12,18H2. The average Bonchev–Trinajstić information content (AvgIpc) is 2.87. The van der Waals surface area contributed by atoms with E-state index in [-0.39, 0.29) is 0 Å². The van der Waals surface area contributed by atoms with Gasteiger partial charge in [-0.2, -0.15) is 0 Å². The van der Waals surface area contributed by atoms with Gasteiger partial charge in [-0.25, -0.2) is 0 Å². The molecule has 3 rings (SSSR count). The summed E-state index contributed by atoms with van der Waals surface area (Å²) < 4.78 is 0. The van der Waals surface area contributed by atoms with Crippen molar-refractivity contribution in [1.29, 1.82) is 0 Å². The molecule has 0 saturated carbocycles. The molecule has 110 valence electrons. The Morgan fingerprint density at radius 2 is 1.90 bits per heavy atom. The maximum atomic E-state index is 6.08. The number of benzene rings is 1. The first-order valence-electron chi connectivity index (χ1n) is 7.72. The molecule has 2 N–H and O–H groups in total.